The summed E-state index contributed by atoms with van der Waals surface area (Å²) in [5.74, 6) is 3.10. The van der Waals surface area contributed by atoms with Gasteiger partial charge in [0.2, 0.25) is 0 Å². The molecule has 0 aromatic carbocycles. The van der Waals surface area contributed by atoms with Crippen LogP contribution in [0.3, 0.4) is 0 Å². The van der Waals surface area contributed by atoms with Gasteiger partial charge in [0.15, 0.2) is 0 Å². The first kappa shape index (κ1) is 10.8. The Hall–Kier alpha value is -1.32. The summed E-state index contributed by atoms with van der Waals surface area (Å²) in [6.45, 7) is 2.00. The highest BCUT2D eigenvalue weighted by molar-refractivity contribution is 5.55. The Morgan fingerprint density at radius 1 is 1.12 bits per heavy atom. The van der Waals surface area contributed by atoms with Gasteiger partial charge in [-0.25, -0.2) is 9.97 Å². The Kier molecular flexibility index (Phi) is 2.65. The highest BCUT2D eigenvalue weighted by atomic mass is 15.1. The molecule has 0 radical (unpaired) electrons. The van der Waals surface area contributed by atoms with Gasteiger partial charge in [-0.2, -0.15) is 0 Å². The van der Waals surface area contributed by atoms with Crippen molar-refractivity contribution in [1.82, 2.24) is 9.97 Å². The summed E-state index contributed by atoms with van der Waals surface area (Å²) in [6.07, 6.45) is 7.58. The van der Waals surface area contributed by atoms with Gasteiger partial charge in [0.1, 0.15) is 17.5 Å². The summed E-state index contributed by atoms with van der Waals surface area (Å²) >= 11 is 0. The predicted molar refractivity (Wildman–Crippen MR) is 69.0 cm³/mol. The zero-order valence-corrected chi connectivity index (χ0v) is 10.4. The lowest BCUT2D eigenvalue weighted by Crippen LogP contribution is -2.18. The molecule has 0 unspecified atom stereocenters. The molecule has 4 heteroatoms. The van der Waals surface area contributed by atoms with Gasteiger partial charge in [-0.3, -0.25) is 0 Å². The Bertz CT molecular complexity index is 420. The molecule has 0 bridgehead atoms. The van der Waals surface area contributed by atoms with Crippen LogP contribution in [-0.4, -0.2) is 16.0 Å². The van der Waals surface area contributed by atoms with E-state index < -0.39 is 0 Å². The highest BCUT2D eigenvalue weighted by Gasteiger charge is 2.28. The molecule has 2 saturated carbocycles. The van der Waals surface area contributed by atoms with Crippen molar-refractivity contribution in [1.29, 1.82) is 0 Å². The van der Waals surface area contributed by atoms with E-state index in [0.29, 0.717) is 17.8 Å². The number of nitrogens with zero attached hydrogens (tertiary/aromatic N) is 2. The van der Waals surface area contributed by atoms with E-state index in [0.717, 1.165) is 17.2 Å². The number of aromatic nitrogens is 2. The lowest BCUT2D eigenvalue weighted by molar-refractivity contribution is 0.745. The van der Waals surface area contributed by atoms with Gasteiger partial charge in [0, 0.05) is 17.5 Å². The quantitative estimate of drug-likeness (QED) is 0.840. The predicted octanol–water partition coefficient (Wildman–Crippen LogP) is 2.60. The van der Waals surface area contributed by atoms with Gasteiger partial charge >= 0.3 is 0 Å². The number of nitrogen functional groups attached to an aromatic ring is 1. The number of anilines is 2. The van der Waals surface area contributed by atoms with Crippen LogP contribution < -0.4 is 11.1 Å². The number of nitrogens with two attached hydrogens (primary N) is 1. The maximum atomic E-state index is 5.97. The smallest absolute Gasteiger partial charge is 0.136 e. The van der Waals surface area contributed by atoms with Crippen LogP contribution in [0.25, 0.3) is 0 Å². The molecule has 1 heterocycles. The maximum absolute atomic E-state index is 5.97. The minimum absolute atomic E-state index is 0.557. The molecule has 0 aliphatic heterocycles. The molecule has 92 valence electrons. The van der Waals surface area contributed by atoms with E-state index in [2.05, 4.69) is 15.3 Å². The second-order valence-corrected chi connectivity index (χ2v) is 5.34. The van der Waals surface area contributed by atoms with Crippen molar-refractivity contribution in [3.05, 3.63) is 11.4 Å². The Morgan fingerprint density at radius 3 is 2.47 bits per heavy atom. The van der Waals surface area contributed by atoms with Gasteiger partial charge in [0.25, 0.3) is 0 Å². The zero-order chi connectivity index (χ0) is 11.8. The second-order valence-electron chi connectivity index (χ2n) is 5.34. The average molecular weight is 232 g/mol. The molecule has 2 aliphatic carbocycles. The number of hydrogen-bond donors (Lipinski definition) is 2. The van der Waals surface area contributed by atoms with E-state index in [-0.39, 0.29) is 0 Å². The van der Waals surface area contributed by atoms with Crippen LogP contribution in [0.15, 0.2) is 0 Å². The lowest BCUT2D eigenvalue weighted by Gasteiger charge is -2.16. The van der Waals surface area contributed by atoms with Crippen LogP contribution in [0.5, 0.6) is 0 Å². The maximum Gasteiger partial charge on any atom is 0.136 e. The fourth-order valence-electron chi connectivity index (χ4n) is 2.48. The second kappa shape index (κ2) is 4.17. The molecular weight excluding hydrogens is 212 g/mol. The van der Waals surface area contributed by atoms with Crippen molar-refractivity contribution in [2.24, 2.45) is 0 Å². The van der Waals surface area contributed by atoms with Crippen LogP contribution in [0, 0.1) is 6.92 Å². The van der Waals surface area contributed by atoms with Crippen LogP contribution in [0.4, 0.5) is 11.6 Å². The third-order valence-electron chi connectivity index (χ3n) is 3.84. The molecular formula is C13H20N4. The number of nitrogens with one attached hydrogen (secondary N) is 1. The molecule has 0 amide bonds. The summed E-state index contributed by atoms with van der Waals surface area (Å²) in [4.78, 5) is 9.05. The summed E-state index contributed by atoms with van der Waals surface area (Å²) < 4.78 is 0. The fraction of sp³-hybridized carbons (Fsp3) is 0.692. The van der Waals surface area contributed by atoms with Gasteiger partial charge in [-0.1, -0.05) is 12.8 Å². The summed E-state index contributed by atoms with van der Waals surface area (Å²) in [5, 5.41) is 3.54. The van der Waals surface area contributed by atoms with E-state index in [4.69, 9.17) is 5.73 Å². The van der Waals surface area contributed by atoms with Crippen LogP contribution in [-0.2, 0) is 0 Å². The van der Waals surface area contributed by atoms with Gasteiger partial charge < -0.3 is 11.1 Å². The summed E-state index contributed by atoms with van der Waals surface area (Å²) in [5.41, 5.74) is 6.97. The van der Waals surface area contributed by atoms with Gasteiger partial charge in [-0.15, -0.1) is 0 Å². The fourth-order valence-corrected chi connectivity index (χ4v) is 2.48. The Labute approximate surface area is 102 Å². The lowest BCUT2D eigenvalue weighted by atomic mass is 10.2. The molecule has 0 saturated heterocycles. The minimum Gasteiger partial charge on any atom is -0.383 e. The molecule has 1 aromatic heterocycles. The van der Waals surface area contributed by atoms with Crippen LogP contribution in [0.2, 0.25) is 0 Å². The van der Waals surface area contributed by atoms with Crippen LogP contribution in [0.1, 0.15) is 55.8 Å². The summed E-state index contributed by atoms with van der Waals surface area (Å²) in [7, 11) is 0. The minimum atomic E-state index is 0.557. The Morgan fingerprint density at radius 2 is 1.82 bits per heavy atom. The van der Waals surface area contributed by atoms with E-state index in [1.807, 2.05) is 6.92 Å². The first-order chi connectivity index (χ1) is 8.24. The summed E-state index contributed by atoms with van der Waals surface area (Å²) in [6, 6.07) is 0.579. The van der Waals surface area contributed by atoms with Gasteiger partial charge in [-0.05, 0) is 32.6 Å². The van der Waals surface area contributed by atoms with E-state index in [1.54, 1.807) is 0 Å². The normalized spacial score (nSPS) is 20.8. The molecule has 3 rings (SSSR count). The van der Waals surface area contributed by atoms with E-state index in [1.165, 1.54) is 38.5 Å². The number of hydrogen-bond acceptors (Lipinski definition) is 4. The van der Waals surface area contributed by atoms with Crippen molar-refractivity contribution in [3.8, 4) is 0 Å². The third-order valence-corrected chi connectivity index (χ3v) is 3.84. The zero-order valence-electron chi connectivity index (χ0n) is 10.4. The van der Waals surface area contributed by atoms with Crippen molar-refractivity contribution < 1.29 is 0 Å². The average Bonchev–Trinajstić information content (AvgIpc) is 3.04. The van der Waals surface area contributed by atoms with E-state index >= 15 is 0 Å². The Balaban J connectivity index is 1.85. The monoisotopic (exact) mass is 232 g/mol. The van der Waals surface area contributed by atoms with Crippen molar-refractivity contribution in [2.75, 3.05) is 11.1 Å². The largest absolute Gasteiger partial charge is 0.383 e. The highest BCUT2D eigenvalue weighted by Crippen LogP contribution is 2.39. The van der Waals surface area contributed by atoms with Crippen molar-refractivity contribution >= 4 is 11.6 Å². The molecule has 2 aliphatic rings. The van der Waals surface area contributed by atoms with Gasteiger partial charge in [0.05, 0.1) is 0 Å². The topological polar surface area (TPSA) is 63.8 Å². The van der Waals surface area contributed by atoms with E-state index in [9.17, 15) is 0 Å². The molecule has 2 fully saturated rings. The molecule has 0 atom stereocenters. The first-order valence-corrected chi connectivity index (χ1v) is 6.64. The molecule has 17 heavy (non-hydrogen) atoms. The standard InChI is InChI=1S/C13H20N4/c1-8-11(14)16-13(9-6-7-9)17-12(8)15-10-4-2-3-5-10/h9-10H,2-7H2,1H3,(H3,14,15,16,17). The molecule has 0 spiro atoms. The van der Waals surface area contributed by atoms with Crippen LogP contribution >= 0.6 is 0 Å². The van der Waals surface area contributed by atoms with Crippen molar-refractivity contribution in [3.63, 3.8) is 0 Å². The molecule has 4 nitrogen and oxygen atoms in total. The SMILES string of the molecule is Cc1c(N)nc(C2CC2)nc1NC1CCCC1. The molecule has 3 N–H and O–H groups in total. The third kappa shape index (κ3) is 2.21. The van der Waals surface area contributed by atoms with Crippen molar-refractivity contribution in [2.45, 2.75) is 57.4 Å². The number of rotatable bonds is 3. The first-order valence-electron chi connectivity index (χ1n) is 6.64. The molecule has 1 aromatic rings.